The quantitative estimate of drug-likeness (QED) is 0.618. The second-order valence-corrected chi connectivity index (χ2v) is 7.33. The third-order valence-corrected chi connectivity index (χ3v) is 4.89. The summed E-state index contributed by atoms with van der Waals surface area (Å²) >= 11 is 0. The van der Waals surface area contributed by atoms with Gasteiger partial charge in [0.05, 0.1) is 5.69 Å². The van der Waals surface area contributed by atoms with Crippen molar-refractivity contribution in [1.29, 1.82) is 0 Å². The molecule has 0 bridgehead atoms. The van der Waals surface area contributed by atoms with Crippen LogP contribution in [0.4, 0.5) is 5.69 Å². The minimum atomic E-state index is -0.130. The largest absolute Gasteiger partial charge is 0.482 e. The van der Waals surface area contributed by atoms with Crippen LogP contribution in [0, 0.1) is 6.92 Å². The molecule has 1 N–H and O–H groups in total. The summed E-state index contributed by atoms with van der Waals surface area (Å²) in [6, 6.07) is 20.0. The molecule has 0 spiro atoms. The number of carbonyl (C=O) groups excluding carboxylic acids is 1. The lowest BCUT2D eigenvalue weighted by atomic mass is 9.93. The van der Waals surface area contributed by atoms with Gasteiger partial charge in [-0.25, -0.2) is 0 Å². The Morgan fingerprint density at radius 3 is 2.54 bits per heavy atom. The van der Waals surface area contributed by atoms with E-state index in [-0.39, 0.29) is 12.5 Å². The first-order valence-corrected chi connectivity index (χ1v) is 9.46. The second-order valence-electron chi connectivity index (χ2n) is 7.33. The Labute approximate surface area is 165 Å². The summed E-state index contributed by atoms with van der Waals surface area (Å²) in [5.74, 6) is 2.53. The zero-order chi connectivity index (χ0) is 19.7. The van der Waals surface area contributed by atoms with Crippen molar-refractivity contribution in [1.82, 2.24) is 0 Å². The molecule has 0 saturated carbocycles. The molecule has 0 radical (unpaired) electrons. The molecule has 0 aromatic heterocycles. The van der Waals surface area contributed by atoms with E-state index in [1.165, 1.54) is 5.56 Å². The number of para-hydroxylation sites is 1. The molecule has 3 aromatic carbocycles. The SMILES string of the molecule is Cc1cc2c(cc1-c1cc(C(C)C)ccc1Oc1ccccc1)OCC(=O)N2. The van der Waals surface area contributed by atoms with Crippen molar-refractivity contribution >= 4 is 11.6 Å². The molecule has 0 atom stereocenters. The molecule has 4 nitrogen and oxygen atoms in total. The Morgan fingerprint density at radius 1 is 1.00 bits per heavy atom. The minimum Gasteiger partial charge on any atom is -0.482 e. The highest BCUT2D eigenvalue weighted by molar-refractivity contribution is 5.96. The summed E-state index contributed by atoms with van der Waals surface area (Å²) in [5.41, 5.74) is 5.03. The van der Waals surface area contributed by atoms with Crippen molar-refractivity contribution in [2.75, 3.05) is 11.9 Å². The van der Waals surface area contributed by atoms with E-state index in [1.807, 2.05) is 55.5 Å². The summed E-state index contributed by atoms with van der Waals surface area (Å²) < 4.78 is 11.8. The number of aryl methyl sites for hydroxylation is 1. The van der Waals surface area contributed by atoms with Gasteiger partial charge in [0.1, 0.15) is 17.2 Å². The number of amides is 1. The molecule has 142 valence electrons. The summed E-state index contributed by atoms with van der Waals surface area (Å²) in [6.07, 6.45) is 0. The Balaban J connectivity index is 1.83. The van der Waals surface area contributed by atoms with E-state index >= 15 is 0 Å². The lowest BCUT2D eigenvalue weighted by Gasteiger charge is -2.21. The summed E-state index contributed by atoms with van der Waals surface area (Å²) in [6.45, 7) is 6.42. The summed E-state index contributed by atoms with van der Waals surface area (Å²) in [5, 5.41) is 2.87. The molecule has 0 saturated heterocycles. The van der Waals surface area contributed by atoms with E-state index < -0.39 is 0 Å². The van der Waals surface area contributed by atoms with Gasteiger partial charge in [0.15, 0.2) is 6.61 Å². The number of ether oxygens (including phenoxy) is 2. The number of rotatable bonds is 4. The maximum atomic E-state index is 11.6. The van der Waals surface area contributed by atoms with Gasteiger partial charge < -0.3 is 14.8 Å². The van der Waals surface area contributed by atoms with E-state index in [4.69, 9.17) is 9.47 Å². The molecule has 3 aromatic rings. The highest BCUT2D eigenvalue weighted by Crippen LogP contribution is 2.41. The number of carbonyl (C=O) groups is 1. The van der Waals surface area contributed by atoms with Gasteiger partial charge in [-0.1, -0.05) is 38.1 Å². The fourth-order valence-corrected chi connectivity index (χ4v) is 3.35. The smallest absolute Gasteiger partial charge is 0.262 e. The van der Waals surface area contributed by atoms with Gasteiger partial charge in [0.25, 0.3) is 5.91 Å². The molecule has 0 fully saturated rings. The maximum absolute atomic E-state index is 11.6. The number of hydrogen-bond acceptors (Lipinski definition) is 3. The van der Waals surface area contributed by atoms with E-state index in [0.29, 0.717) is 17.4 Å². The van der Waals surface area contributed by atoms with Crippen LogP contribution < -0.4 is 14.8 Å². The minimum absolute atomic E-state index is 0.0366. The van der Waals surface area contributed by atoms with Crippen LogP contribution in [-0.4, -0.2) is 12.5 Å². The molecule has 1 aliphatic rings. The number of anilines is 1. The third-order valence-electron chi connectivity index (χ3n) is 4.89. The predicted octanol–water partition coefficient (Wildman–Crippen LogP) is 5.91. The van der Waals surface area contributed by atoms with Crippen LogP contribution in [0.25, 0.3) is 11.1 Å². The molecule has 4 heteroatoms. The van der Waals surface area contributed by atoms with Crippen molar-refractivity contribution in [2.45, 2.75) is 26.7 Å². The van der Waals surface area contributed by atoms with Gasteiger partial charge in [-0.3, -0.25) is 4.79 Å². The maximum Gasteiger partial charge on any atom is 0.262 e. The van der Waals surface area contributed by atoms with Crippen LogP contribution in [0.1, 0.15) is 30.9 Å². The van der Waals surface area contributed by atoms with Gasteiger partial charge in [0, 0.05) is 5.56 Å². The monoisotopic (exact) mass is 373 g/mol. The van der Waals surface area contributed by atoms with Crippen molar-refractivity contribution in [3.05, 3.63) is 71.8 Å². The molecule has 1 heterocycles. The topological polar surface area (TPSA) is 47.6 Å². The second kappa shape index (κ2) is 7.39. The lowest BCUT2D eigenvalue weighted by molar-refractivity contribution is -0.118. The molecule has 0 aliphatic carbocycles. The first-order chi connectivity index (χ1) is 13.5. The Kier molecular flexibility index (Phi) is 4.78. The van der Waals surface area contributed by atoms with E-state index in [0.717, 1.165) is 28.2 Å². The number of fused-ring (bicyclic) bond motifs is 1. The molecular formula is C24H23NO3. The fraction of sp³-hybridized carbons (Fsp3) is 0.208. The molecule has 0 unspecified atom stereocenters. The van der Waals surface area contributed by atoms with Crippen molar-refractivity contribution in [2.24, 2.45) is 0 Å². The van der Waals surface area contributed by atoms with E-state index in [2.05, 4.69) is 31.3 Å². The van der Waals surface area contributed by atoms with E-state index in [1.54, 1.807) is 0 Å². The normalized spacial score (nSPS) is 12.9. The van der Waals surface area contributed by atoms with Crippen LogP contribution in [-0.2, 0) is 4.79 Å². The number of hydrogen-bond donors (Lipinski definition) is 1. The van der Waals surface area contributed by atoms with Gasteiger partial charge >= 0.3 is 0 Å². The zero-order valence-corrected chi connectivity index (χ0v) is 16.3. The molecule has 1 amide bonds. The first kappa shape index (κ1) is 18.1. The third kappa shape index (κ3) is 3.58. The van der Waals surface area contributed by atoms with Crippen molar-refractivity contribution < 1.29 is 14.3 Å². The van der Waals surface area contributed by atoms with Crippen LogP contribution in [0.2, 0.25) is 0 Å². The number of nitrogens with one attached hydrogen (secondary N) is 1. The van der Waals surface area contributed by atoms with Crippen LogP contribution >= 0.6 is 0 Å². The Hall–Kier alpha value is -3.27. The number of benzene rings is 3. The average molecular weight is 373 g/mol. The Bertz CT molecular complexity index is 1030. The summed E-state index contributed by atoms with van der Waals surface area (Å²) in [4.78, 5) is 11.6. The molecule has 1 aliphatic heterocycles. The van der Waals surface area contributed by atoms with Crippen LogP contribution in [0.3, 0.4) is 0 Å². The molecular weight excluding hydrogens is 350 g/mol. The average Bonchev–Trinajstić information content (AvgIpc) is 2.68. The van der Waals surface area contributed by atoms with Gasteiger partial charge in [-0.15, -0.1) is 0 Å². The van der Waals surface area contributed by atoms with Crippen LogP contribution in [0.15, 0.2) is 60.7 Å². The van der Waals surface area contributed by atoms with Crippen LogP contribution in [0.5, 0.6) is 17.2 Å². The van der Waals surface area contributed by atoms with Gasteiger partial charge in [0.2, 0.25) is 0 Å². The first-order valence-electron chi connectivity index (χ1n) is 9.46. The van der Waals surface area contributed by atoms with Gasteiger partial charge in [-0.2, -0.15) is 0 Å². The highest BCUT2D eigenvalue weighted by atomic mass is 16.5. The van der Waals surface area contributed by atoms with Crippen molar-refractivity contribution in [3.63, 3.8) is 0 Å². The zero-order valence-electron chi connectivity index (χ0n) is 16.3. The molecule has 28 heavy (non-hydrogen) atoms. The van der Waals surface area contributed by atoms with Crippen molar-refractivity contribution in [3.8, 4) is 28.4 Å². The highest BCUT2D eigenvalue weighted by Gasteiger charge is 2.20. The summed E-state index contributed by atoms with van der Waals surface area (Å²) in [7, 11) is 0. The molecule has 4 rings (SSSR count). The predicted molar refractivity (Wildman–Crippen MR) is 111 cm³/mol. The standard InChI is InChI=1S/C24H23NO3/c1-15(2)17-9-10-22(28-18-7-5-4-6-8-18)20(12-17)19-13-23-21(11-16(19)3)25-24(26)14-27-23/h4-13,15H,14H2,1-3H3,(H,25,26). The lowest BCUT2D eigenvalue weighted by Crippen LogP contribution is -2.25. The van der Waals surface area contributed by atoms with Gasteiger partial charge in [-0.05, 0) is 65.9 Å². The van der Waals surface area contributed by atoms with E-state index in [9.17, 15) is 4.79 Å². The fourth-order valence-electron chi connectivity index (χ4n) is 3.35. The Morgan fingerprint density at radius 2 is 1.79 bits per heavy atom.